The minimum Gasteiger partial charge on any atom is -0.480 e. The van der Waals surface area contributed by atoms with E-state index < -0.39 is 23.6 Å². The molecule has 21 heavy (non-hydrogen) atoms. The van der Waals surface area contributed by atoms with Gasteiger partial charge in [0.15, 0.2) is 0 Å². The van der Waals surface area contributed by atoms with Crippen LogP contribution in [0.4, 0.5) is 11.4 Å². The summed E-state index contributed by atoms with van der Waals surface area (Å²) in [6.45, 7) is 5.15. The van der Waals surface area contributed by atoms with Gasteiger partial charge in [0.25, 0.3) is 0 Å². The molecule has 116 valence electrons. The van der Waals surface area contributed by atoms with Crippen LogP contribution >= 0.6 is 11.6 Å². The quantitative estimate of drug-likeness (QED) is 0.570. The van der Waals surface area contributed by atoms with Crippen LogP contribution in [-0.2, 0) is 14.3 Å². The molecule has 0 aliphatic carbocycles. The summed E-state index contributed by atoms with van der Waals surface area (Å²) in [4.78, 5) is 22.9. The molecule has 6 nitrogen and oxygen atoms in total. The normalized spacial score (nSPS) is 12.6. The number of carbonyl (C=O) groups is 2. The molecule has 0 saturated heterocycles. The number of aliphatic carboxylic acids is 1. The summed E-state index contributed by atoms with van der Waals surface area (Å²) < 4.78 is 5.11. The number of halogens is 1. The highest BCUT2D eigenvalue weighted by Gasteiger charge is 2.25. The Balaban J connectivity index is 2.76. The minimum atomic E-state index is -1.16. The fraction of sp³-hybridized carbons (Fsp3) is 0.429. The maximum atomic E-state index is 11.7. The largest absolute Gasteiger partial charge is 0.480 e. The van der Waals surface area contributed by atoms with Crippen LogP contribution in [0, 0.1) is 0 Å². The van der Waals surface area contributed by atoms with E-state index in [2.05, 4.69) is 5.32 Å². The molecule has 1 aromatic carbocycles. The number of hydrogen-bond donors (Lipinski definition) is 3. The van der Waals surface area contributed by atoms with Crippen molar-refractivity contribution in [3.8, 4) is 0 Å². The Bertz CT molecular complexity index is 540. The first-order valence-electron chi connectivity index (χ1n) is 6.34. The number of ether oxygens (including phenoxy) is 1. The van der Waals surface area contributed by atoms with E-state index >= 15 is 0 Å². The van der Waals surface area contributed by atoms with Crippen LogP contribution in [-0.4, -0.2) is 28.7 Å². The second kappa shape index (κ2) is 6.67. The lowest BCUT2D eigenvalue weighted by molar-refractivity contribution is -0.157. The summed E-state index contributed by atoms with van der Waals surface area (Å²) >= 11 is 5.87. The van der Waals surface area contributed by atoms with Crippen molar-refractivity contribution in [3.05, 3.63) is 23.2 Å². The second-order valence-corrected chi connectivity index (χ2v) is 5.97. The number of nitrogens with two attached hydrogens (primary N) is 1. The van der Waals surface area contributed by atoms with Gasteiger partial charge in [-0.15, -0.1) is 0 Å². The number of anilines is 2. The van der Waals surface area contributed by atoms with Crippen molar-refractivity contribution in [1.82, 2.24) is 0 Å². The zero-order valence-electron chi connectivity index (χ0n) is 12.1. The van der Waals surface area contributed by atoms with E-state index in [1.807, 2.05) is 0 Å². The van der Waals surface area contributed by atoms with Gasteiger partial charge >= 0.3 is 11.9 Å². The van der Waals surface area contributed by atoms with E-state index in [1.54, 1.807) is 32.9 Å². The molecule has 1 atom stereocenters. The van der Waals surface area contributed by atoms with Crippen LogP contribution < -0.4 is 11.1 Å². The van der Waals surface area contributed by atoms with Gasteiger partial charge in [-0.2, -0.15) is 0 Å². The molecule has 0 bridgehead atoms. The lowest BCUT2D eigenvalue weighted by atomic mass is 10.1. The Labute approximate surface area is 128 Å². The maximum Gasteiger partial charge on any atom is 0.326 e. The SMILES string of the molecule is CC(C)(C)OC(=O)C[C@H](Nc1ccc(N)c(Cl)c1)C(=O)O. The average Bonchev–Trinajstić information content (AvgIpc) is 2.30. The zero-order valence-corrected chi connectivity index (χ0v) is 12.9. The van der Waals surface area contributed by atoms with Crippen molar-refractivity contribution in [3.63, 3.8) is 0 Å². The lowest BCUT2D eigenvalue weighted by Crippen LogP contribution is -2.34. The second-order valence-electron chi connectivity index (χ2n) is 5.56. The molecule has 0 aliphatic heterocycles. The van der Waals surface area contributed by atoms with Crippen molar-refractivity contribution >= 4 is 34.9 Å². The number of hydrogen-bond acceptors (Lipinski definition) is 5. The number of nitrogens with one attached hydrogen (secondary N) is 1. The van der Waals surface area contributed by atoms with Crippen molar-refractivity contribution in [2.75, 3.05) is 11.1 Å². The number of benzene rings is 1. The Morgan fingerprint density at radius 1 is 1.43 bits per heavy atom. The molecular weight excluding hydrogens is 296 g/mol. The van der Waals surface area contributed by atoms with Gasteiger partial charge in [-0.3, -0.25) is 4.79 Å². The monoisotopic (exact) mass is 314 g/mol. The third-order valence-electron chi connectivity index (χ3n) is 2.43. The Morgan fingerprint density at radius 3 is 2.52 bits per heavy atom. The van der Waals surface area contributed by atoms with Crippen molar-refractivity contribution in [2.24, 2.45) is 0 Å². The van der Waals surface area contributed by atoms with Gasteiger partial charge in [-0.05, 0) is 39.0 Å². The van der Waals surface area contributed by atoms with Gasteiger partial charge in [0, 0.05) is 5.69 Å². The summed E-state index contributed by atoms with van der Waals surface area (Å²) in [5, 5.41) is 12.2. The molecule has 1 rings (SSSR count). The number of rotatable bonds is 5. The van der Waals surface area contributed by atoms with Crippen LogP contribution in [0.3, 0.4) is 0 Å². The molecule has 0 fully saturated rings. The van der Waals surface area contributed by atoms with Crippen molar-refractivity contribution in [2.45, 2.75) is 38.8 Å². The van der Waals surface area contributed by atoms with Crippen LogP contribution in [0.25, 0.3) is 0 Å². The summed E-state index contributed by atoms with van der Waals surface area (Å²) in [6, 6.07) is 3.53. The summed E-state index contributed by atoms with van der Waals surface area (Å²) in [5.41, 5.74) is 5.77. The number of carboxylic acid groups (broad SMARTS) is 1. The van der Waals surface area contributed by atoms with E-state index in [4.69, 9.17) is 22.1 Å². The van der Waals surface area contributed by atoms with Gasteiger partial charge in [0.2, 0.25) is 0 Å². The van der Waals surface area contributed by atoms with Crippen LogP contribution in [0.1, 0.15) is 27.2 Å². The van der Waals surface area contributed by atoms with Gasteiger partial charge in [-0.25, -0.2) is 4.79 Å². The Morgan fingerprint density at radius 2 is 2.05 bits per heavy atom. The summed E-state index contributed by atoms with van der Waals surface area (Å²) in [5.74, 6) is -1.75. The van der Waals surface area contributed by atoms with E-state index in [-0.39, 0.29) is 6.42 Å². The molecule has 0 spiro atoms. The summed E-state index contributed by atoms with van der Waals surface area (Å²) in [6.07, 6.45) is -0.297. The maximum absolute atomic E-state index is 11.7. The molecule has 0 saturated carbocycles. The highest BCUT2D eigenvalue weighted by molar-refractivity contribution is 6.33. The Hall–Kier alpha value is -1.95. The molecule has 1 aromatic rings. The van der Waals surface area contributed by atoms with Gasteiger partial charge in [0.05, 0.1) is 17.1 Å². The first-order valence-corrected chi connectivity index (χ1v) is 6.72. The molecule has 0 heterocycles. The first kappa shape index (κ1) is 17.1. The average molecular weight is 315 g/mol. The number of carbonyl (C=O) groups excluding carboxylic acids is 1. The minimum absolute atomic E-state index is 0.297. The fourth-order valence-corrected chi connectivity index (χ4v) is 1.75. The molecule has 0 amide bonds. The number of nitrogen functional groups attached to an aromatic ring is 1. The van der Waals surface area contributed by atoms with E-state index in [9.17, 15) is 14.7 Å². The molecule has 0 radical (unpaired) electrons. The molecular formula is C14H19ClN2O4. The van der Waals surface area contributed by atoms with Crippen LogP contribution in [0.2, 0.25) is 5.02 Å². The summed E-state index contributed by atoms with van der Waals surface area (Å²) in [7, 11) is 0. The lowest BCUT2D eigenvalue weighted by Gasteiger charge is -2.21. The third-order valence-corrected chi connectivity index (χ3v) is 2.76. The highest BCUT2D eigenvalue weighted by atomic mass is 35.5. The standard InChI is InChI=1S/C14H19ClN2O4/c1-14(2,3)21-12(18)7-11(13(19)20)17-8-4-5-10(16)9(15)6-8/h4-6,11,17H,7,16H2,1-3H3,(H,19,20)/t11-/m0/s1. The van der Waals surface area contributed by atoms with Crippen molar-refractivity contribution < 1.29 is 19.4 Å². The van der Waals surface area contributed by atoms with Gasteiger partial charge < -0.3 is 20.9 Å². The highest BCUT2D eigenvalue weighted by Crippen LogP contribution is 2.23. The predicted molar refractivity (Wildman–Crippen MR) is 81.4 cm³/mol. The smallest absolute Gasteiger partial charge is 0.326 e. The molecule has 0 unspecified atom stereocenters. The van der Waals surface area contributed by atoms with Crippen molar-refractivity contribution in [1.29, 1.82) is 0 Å². The first-order chi connectivity index (χ1) is 9.58. The molecule has 0 aliphatic rings. The van der Waals surface area contributed by atoms with Crippen LogP contribution in [0.15, 0.2) is 18.2 Å². The van der Waals surface area contributed by atoms with Crippen LogP contribution in [0.5, 0.6) is 0 Å². The topological polar surface area (TPSA) is 102 Å². The van der Waals surface area contributed by atoms with E-state index in [0.717, 1.165) is 0 Å². The van der Waals surface area contributed by atoms with Gasteiger partial charge in [0.1, 0.15) is 11.6 Å². The molecule has 0 aromatic heterocycles. The zero-order chi connectivity index (χ0) is 16.2. The Kier molecular flexibility index (Phi) is 5.43. The third kappa shape index (κ3) is 5.91. The molecule has 7 heteroatoms. The van der Waals surface area contributed by atoms with E-state index in [0.29, 0.717) is 16.4 Å². The van der Waals surface area contributed by atoms with E-state index in [1.165, 1.54) is 6.07 Å². The fourth-order valence-electron chi connectivity index (χ4n) is 1.57. The predicted octanol–water partition coefficient (Wildman–Crippen LogP) is 2.52. The number of carboxylic acids is 1. The van der Waals surface area contributed by atoms with Gasteiger partial charge in [-0.1, -0.05) is 11.6 Å². The molecule has 4 N–H and O–H groups in total. The number of esters is 1.